The SMILES string of the molecule is CCc1cnc(CCNC(=O)[C@H]2NCCO[C@@H]2C)s1. The van der Waals surface area contributed by atoms with Crippen molar-refractivity contribution in [1.82, 2.24) is 15.6 Å². The molecule has 2 N–H and O–H groups in total. The fraction of sp³-hybridized carbons (Fsp3) is 0.692. The van der Waals surface area contributed by atoms with Crippen molar-refractivity contribution >= 4 is 17.2 Å². The predicted octanol–water partition coefficient (Wildman–Crippen LogP) is 0.741. The summed E-state index contributed by atoms with van der Waals surface area (Å²) in [6.07, 6.45) is 3.66. The number of aromatic nitrogens is 1. The van der Waals surface area contributed by atoms with Crippen LogP contribution in [-0.4, -0.2) is 42.7 Å². The van der Waals surface area contributed by atoms with E-state index in [-0.39, 0.29) is 18.1 Å². The number of aryl methyl sites for hydroxylation is 1. The van der Waals surface area contributed by atoms with E-state index in [1.165, 1.54) is 4.88 Å². The summed E-state index contributed by atoms with van der Waals surface area (Å²) in [6, 6.07) is -0.240. The molecule has 1 fully saturated rings. The molecule has 0 spiro atoms. The summed E-state index contributed by atoms with van der Waals surface area (Å²) in [7, 11) is 0. The molecule has 0 aliphatic carbocycles. The topological polar surface area (TPSA) is 63.2 Å². The molecule has 1 aliphatic rings. The first-order valence-electron chi connectivity index (χ1n) is 6.77. The van der Waals surface area contributed by atoms with Crippen molar-refractivity contribution in [2.45, 2.75) is 38.8 Å². The highest BCUT2D eigenvalue weighted by molar-refractivity contribution is 7.11. The van der Waals surface area contributed by atoms with Crippen LogP contribution in [0.4, 0.5) is 0 Å². The van der Waals surface area contributed by atoms with Crippen LogP contribution in [0.2, 0.25) is 0 Å². The van der Waals surface area contributed by atoms with Crippen LogP contribution in [0.3, 0.4) is 0 Å². The molecule has 6 heteroatoms. The van der Waals surface area contributed by atoms with Crippen molar-refractivity contribution < 1.29 is 9.53 Å². The maximum absolute atomic E-state index is 12.0. The Morgan fingerprint density at radius 3 is 3.21 bits per heavy atom. The second-order valence-corrected chi connectivity index (χ2v) is 5.82. The first-order valence-corrected chi connectivity index (χ1v) is 7.58. The molecule has 1 amide bonds. The molecule has 1 aromatic heterocycles. The van der Waals surface area contributed by atoms with Crippen molar-refractivity contribution in [2.75, 3.05) is 19.7 Å². The van der Waals surface area contributed by atoms with Crippen LogP contribution in [-0.2, 0) is 22.4 Å². The quantitative estimate of drug-likeness (QED) is 0.837. The van der Waals surface area contributed by atoms with E-state index < -0.39 is 0 Å². The molecule has 0 aromatic carbocycles. The van der Waals surface area contributed by atoms with Gasteiger partial charge in [-0.15, -0.1) is 11.3 Å². The number of morpholine rings is 1. The van der Waals surface area contributed by atoms with Crippen molar-refractivity contribution in [3.05, 3.63) is 16.1 Å². The number of rotatable bonds is 5. The summed E-state index contributed by atoms with van der Waals surface area (Å²) in [5.74, 6) is 0.0134. The van der Waals surface area contributed by atoms with Gasteiger partial charge in [-0.2, -0.15) is 0 Å². The standard InChI is InChI=1S/C13H21N3O2S/c1-3-10-8-16-11(19-10)4-5-15-13(17)12-9(2)18-7-6-14-12/h8-9,12,14H,3-7H2,1-2H3,(H,15,17)/t9-,12+/m1/s1. The van der Waals surface area contributed by atoms with Gasteiger partial charge in [0.1, 0.15) is 6.04 Å². The largest absolute Gasteiger partial charge is 0.375 e. The van der Waals surface area contributed by atoms with Gasteiger partial charge in [0.2, 0.25) is 5.91 Å². The maximum Gasteiger partial charge on any atom is 0.239 e. The summed E-state index contributed by atoms with van der Waals surface area (Å²) in [6.45, 7) is 6.07. The third kappa shape index (κ3) is 3.99. The van der Waals surface area contributed by atoms with Gasteiger partial charge in [-0.3, -0.25) is 4.79 Å². The Morgan fingerprint density at radius 1 is 1.68 bits per heavy atom. The van der Waals surface area contributed by atoms with Gasteiger partial charge < -0.3 is 15.4 Å². The van der Waals surface area contributed by atoms with E-state index in [2.05, 4.69) is 22.5 Å². The zero-order chi connectivity index (χ0) is 13.7. The molecule has 19 heavy (non-hydrogen) atoms. The van der Waals surface area contributed by atoms with Crippen LogP contribution in [0.25, 0.3) is 0 Å². The minimum atomic E-state index is -0.240. The van der Waals surface area contributed by atoms with E-state index in [1.807, 2.05) is 13.1 Å². The molecule has 1 aromatic rings. The Morgan fingerprint density at radius 2 is 2.53 bits per heavy atom. The summed E-state index contributed by atoms with van der Waals surface area (Å²) in [4.78, 5) is 17.6. The highest BCUT2D eigenvalue weighted by atomic mass is 32.1. The molecule has 0 bridgehead atoms. The molecule has 1 saturated heterocycles. The third-order valence-electron chi connectivity index (χ3n) is 3.19. The van der Waals surface area contributed by atoms with Crippen LogP contribution in [0.1, 0.15) is 23.7 Å². The molecule has 5 nitrogen and oxygen atoms in total. The molecule has 2 atom stereocenters. The van der Waals surface area contributed by atoms with Crippen LogP contribution >= 0.6 is 11.3 Å². The van der Waals surface area contributed by atoms with Gasteiger partial charge in [0.15, 0.2) is 0 Å². The van der Waals surface area contributed by atoms with E-state index in [4.69, 9.17) is 4.74 Å². The van der Waals surface area contributed by atoms with E-state index in [0.29, 0.717) is 13.2 Å². The van der Waals surface area contributed by atoms with E-state index in [0.717, 1.165) is 24.4 Å². The third-order valence-corrected chi connectivity index (χ3v) is 4.39. The minimum absolute atomic E-state index is 0.0134. The lowest BCUT2D eigenvalue weighted by Gasteiger charge is -2.29. The summed E-state index contributed by atoms with van der Waals surface area (Å²) in [5, 5.41) is 7.21. The fourth-order valence-corrected chi connectivity index (χ4v) is 2.92. The van der Waals surface area contributed by atoms with Crippen LogP contribution in [0.5, 0.6) is 0 Å². The lowest BCUT2D eigenvalue weighted by Crippen LogP contribution is -2.55. The average Bonchev–Trinajstić information content (AvgIpc) is 2.87. The van der Waals surface area contributed by atoms with Crippen LogP contribution in [0, 0.1) is 0 Å². The first-order chi connectivity index (χ1) is 9.20. The monoisotopic (exact) mass is 283 g/mol. The summed E-state index contributed by atoms with van der Waals surface area (Å²) in [5.41, 5.74) is 0. The van der Waals surface area contributed by atoms with Crippen molar-refractivity contribution in [3.63, 3.8) is 0 Å². The Hall–Kier alpha value is -0.980. The minimum Gasteiger partial charge on any atom is -0.375 e. The van der Waals surface area contributed by atoms with E-state index in [9.17, 15) is 4.79 Å². The molecule has 0 unspecified atom stereocenters. The van der Waals surface area contributed by atoms with Gasteiger partial charge >= 0.3 is 0 Å². The maximum atomic E-state index is 12.0. The lowest BCUT2D eigenvalue weighted by molar-refractivity contribution is -0.128. The Bertz CT molecular complexity index is 422. The van der Waals surface area contributed by atoms with Crippen molar-refractivity contribution in [1.29, 1.82) is 0 Å². The van der Waals surface area contributed by atoms with Gasteiger partial charge in [0, 0.05) is 30.6 Å². The predicted molar refractivity (Wildman–Crippen MR) is 75.4 cm³/mol. The smallest absolute Gasteiger partial charge is 0.239 e. The van der Waals surface area contributed by atoms with Gasteiger partial charge in [-0.25, -0.2) is 4.98 Å². The van der Waals surface area contributed by atoms with Gasteiger partial charge in [0.25, 0.3) is 0 Å². The number of thiazole rings is 1. The van der Waals surface area contributed by atoms with Gasteiger partial charge in [-0.1, -0.05) is 6.92 Å². The number of carbonyl (C=O) groups excluding carboxylic acids is 1. The number of hydrogen-bond donors (Lipinski definition) is 2. The molecule has 106 valence electrons. The summed E-state index contributed by atoms with van der Waals surface area (Å²) < 4.78 is 5.46. The zero-order valence-corrected chi connectivity index (χ0v) is 12.3. The highest BCUT2D eigenvalue weighted by Gasteiger charge is 2.27. The lowest BCUT2D eigenvalue weighted by atomic mass is 10.1. The second-order valence-electron chi connectivity index (χ2n) is 4.62. The molecule has 2 rings (SSSR count). The molecule has 0 saturated carbocycles. The average molecular weight is 283 g/mol. The van der Waals surface area contributed by atoms with Crippen molar-refractivity contribution in [3.8, 4) is 0 Å². The summed E-state index contributed by atoms with van der Waals surface area (Å²) >= 11 is 1.72. The van der Waals surface area contributed by atoms with Crippen molar-refractivity contribution in [2.24, 2.45) is 0 Å². The normalized spacial score (nSPS) is 23.3. The molecule has 0 radical (unpaired) electrons. The van der Waals surface area contributed by atoms with Gasteiger partial charge in [0.05, 0.1) is 17.7 Å². The number of nitrogens with zero attached hydrogens (tertiary/aromatic N) is 1. The van der Waals surface area contributed by atoms with E-state index >= 15 is 0 Å². The fourth-order valence-electron chi connectivity index (χ4n) is 2.06. The molecule has 2 heterocycles. The Labute approximate surface area is 117 Å². The second kappa shape index (κ2) is 6.98. The number of amides is 1. The molecular formula is C13H21N3O2S. The number of ether oxygens (including phenoxy) is 1. The molecule has 1 aliphatic heterocycles. The van der Waals surface area contributed by atoms with Crippen LogP contribution < -0.4 is 10.6 Å². The van der Waals surface area contributed by atoms with Crippen LogP contribution in [0.15, 0.2) is 6.20 Å². The number of hydrogen-bond acceptors (Lipinski definition) is 5. The Kier molecular flexibility index (Phi) is 5.30. The zero-order valence-electron chi connectivity index (χ0n) is 11.4. The number of nitrogens with one attached hydrogen (secondary N) is 2. The number of carbonyl (C=O) groups is 1. The Balaban J connectivity index is 1.74. The van der Waals surface area contributed by atoms with E-state index in [1.54, 1.807) is 11.3 Å². The highest BCUT2D eigenvalue weighted by Crippen LogP contribution is 2.13. The molecular weight excluding hydrogens is 262 g/mol. The first kappa shape index (κ1) is 14.4. The van der Waals surface area contributed by atoms with Gasteiger partial charge in [-0.05, 0) is 13.3 Å².